The van der Waals surface area contributed by atoms with Crippen molar-refractivity contribution in [2.45, 2.75) is 19.9 Å². The quantitative estimate of drug-likeness (QED) is 0.618. The van der Waals surface area contributed by atoms with E-state index in [-0.39, 0.29) is 11.9 Å². The standard InChI is InChI=1S/C24H27N3O3S/c1-16-17(2)31-24(26-23(28)18-7-9-19(29-3)10-8-18)21(16)22(20-6-4-5-11-25-20)27-12-14-30-15-13-27/h4-11,22H,12-15H2,1-3H3,(H,26,28)/t22-/m1/s1. The molecule has 3 heterocycles. The van der Waals surface area contributed by atoms with Crippen LogP contribution >= 0.6 is 11.3 Å². The highest BCUT2D eigenvalue weighted by atomic mass is 32.1. The molecule has 1 N–H and O–H groups in total. The maximum absolute atomic E-state index is 13.0. The van der Waals surface area contributed by atoms with Crippen LogP contribution in [0.1, 0.15) is 38.1 Å². The molecule has 31 heavy (non-hydrogen) atoms. The fourth-order valence-electron chi connectivity index (χ4n) is 3.88. The Kier molecular flexibility index (Phi) is 6.65. The number of ether oxygens (including phenoxy) is 2. The number of methoxy groups -OCH3 is 1. The lowest BCUT2D eigenvalue weighted by atomic mass is 9.98. The molecule has 1 atom stereocenters. The van der Waals surface area contributed by atoms with Crippen LogP contribution in [0.5, 0.6) is 5.75 Å². The third kappa shape index (κ3) is 4.63. The van der Waals surface area contributed by atoms with E-state index in [0.29, 0.717) is 18.8 Å². The number of anilines is 1. The van der Waals surface area contributed by atoms with Crippen LogP contribution in [0, 0.1) is 13.8 Å². The monoisotopic (exact) mass is 437 g/mol. The second-order valence-electron chi connectivity index (χ2n) is 7.51. The number of amides is 1. The maximum Gasteiger partial charge on any atom is 0.256 e. The van der Waals surface area contributed by atoms with Crippen molar-refractivity contribution in [2.75, 3.05) is 38.7 Å². The summed E-state index contributed by atoms with van der Waals surface area (Å²) in [5.74, 6) is 0.592. The zero-order valence-corrected chi connectivity index (χ0v) is 18.9. The number of rotatable bonds is 6. The first kappa shape index (κ1) is 21.5. The summed E-state index contributed by atoms with van der Waals surface area (Å²) in [4.78, 5) is 21.3. The summed E-state index contributed by atoms with van der Waals surface area (Å²) in [6.07, 6.45) is 1.83. The first-order valence-corrected chi connectivity index (χ1v) is 11.2. The first-order valence-electron chi connectivity index (χ1n) is 10.4. The normalized spacial score (nSPS) is 15.5. The number of morpholine rings is 1. The van der Waals surface area contributed by atoms with Gasteiger partial charge in [0.1, 0.15) is 10.8 Å². The van der Waals surface area contributed by atoms with Gasteiger partial charge in [-0.15, -0.1) is 11.3 Å². The van der Waals surface area contributed by atoms with Gasteiger partial charge in [-0.05, 0) is 55.8 Å². The van der Waals surface area contributed by atoms with E-state index in [9.17, 15) is 4.79 Å². The van der Waals surface area contributed by atoms with Crippen molar-refractivity contribution in [3.05, 3.63) is 75.9 Å². The lowest BCUT2D eigenvalue weighted by Gasteiger charge is -2.35. The highest BCUT2D eigenvalue weighted by Gasteiger charge is 2.31. The summed E-state index contributed by atoms with van der Waals surface area (Å²) in [5, 5.41) is 4.04. The minimum atomic E-state index is -0.132. The summed E-state index contributed by atoms with van der Waals surface area (Å²) in [6.45, 7) is 7.25. The van der Waals surface area contributed by atoms with Crippen LogP contribution in [0.3, 0.4) is 0 Å². The van der Waals surface area contributed by atoms with Gasteiger partial charge >= 0.3 is 0 Å². The Morgan fingerprint density at radius 1 is 1.16 bits per heavy atom. The summed E-state index contributed by atoms with van der Waals surface area (Å²) in [6, 6.07) is 13.1. The van der Waals surface area contributed by atoms with Crippen LogP contribution in [-0.2, 0) is 4.74 Å². The Balaban J connectivity index is 1.71. The number of pyridine rings is 1. The summed E-state index contributed by atoms with van der Waals surface area (Å²) >= 11 is 1.62. The Bertz CT molecular complexity index is 1030. The number of benzene rings is 1. The topological polar surface area (TPSA) is 63.7 Å². The Morgan fingerprint density at radius 3 is 2.55 bits per heavy atom. The first-order chi connectivity index (χ1) is 15.1. The molecule has 7 heteroatoms. The van der Waals surface area contributed by atoms with Crippen LogP contribution in [0.25, 0.3) is 0 Å². The number of nitrogens with zero attached hydrogens (tertiary/aromatic N) is 2. The SMILES string of the molecule is COc1ccc(C(=O)Nc2sc(C)c(C)c2[C@@H](c2ccccn2)N2CCOCC2)cc1. The number of aryl methyl sites for hydroxylation is 1. The van der Waals surface area contributed by atoms with Crippen molar-refractivity contribution in [1.29, 1.82) is 0 Å². The molecule has 1 aliphatic heterocycles. The van der Waals surface area contributed by atoms with Crippen LogP contribution in [0.2, 0.25) is 0 Å². The van der Waals surface area contributed by atoms with Gasteiger partial charge in [0.05, 0.1) is 32.1 Å². The van der Waals surface area contributed by atoms with Crippen LogP contribution in [0.4, 0.5) is 5.00 Å². The van der Waals surface area contributed by atoms with Crippen molar-refractivity contribution in [3.8, 4) is 5.75 Å². The predicted octanol–water partition coefficient (Wildman–Crippen LogP) is 4.44. The average Bonchev–Trinajstić information content (AvgIpc) is 3.08. The van der Waals surface area contributed by atoms with E-state index in [1.165, 1.54) is 10.4 Å². The Labute approximate surface area is 186 Å². The number of nitrogens with one attached hydrogen (secondary N) is 1. The summed E-state index contributed by atoms with van der Waals surface area (Å²) < 4.78 is 10.8. The zero-order chi connectivity index (χ0) is 21.8. The van der Waals surface area contributed by atoms with Crippen molar-refractivity contribution in [3.63, 3.8) is 0 Å². The number of aromatic nitrogens is 1. The van der Waals surface area contributed by atoms with Crippen LogP contribution in [0.15, 0.2) is 48.7 Å². The molecule has 0 bridgehead atoms. The molecule has 1 aliphatic rings. The molecule has 6 nitrogen and oxygen atoms in total. The van der Waals surface area contributed by atoms with E-state index in [2.05, 4.69) is 35.1 Å². The lowest BCUT2D eigenvalue weighted by molar-refractivity contribution is 0.0233. The number of thiophene rings is 1. The molecule has 3 aromatic rings. The van der Waals surface area contributed by atoms with Gasteiger partial charge in [0, 0.05) is 35.3 Å². The maximum atomic E-state index is 13.0. The predicted molar refractivity (Wildman–Crippen MR) is 123 cm³/mol. The van der Waals surface area contributed by atoms with Crippen molar-refractivity contribution < 1.29 is 14.3 Å². The molecule has 162 valence electrons. The molecule has 0 unspecified atom stereocenters. The van der Waals surface area contributed by atoms with Gasteiger partial charge in [0.25, 0.3) is 5.91 Å². The molecule has 1 aromatic carbocycles. The zero-order valence-electron chi connectivity index (χ0n) is 18.1. The highest BCUT2D eigenvalue weighted by Crippen LogP contribution is 2.42. The number of hydrogen-bond donors (Lipinski definition) is 1. The van der Waals surface area contributed by atoms with Gasteiger partial charge in [-0.2, -0.15) is 0 Å². The summed E-state index contributed by atoms with van der Waals surface area (Å²) in [5.41, 5.74) is 3.88. The average molecular weight is 438 g/mol. The van der Waals surface area contributed by atoms with E-state index >= 15 is 0 Å². The van der Waals surface area contributed by atoms with E-state index in [0.717, 1.165) is 35.1 Å². The largest absolute Gasteiger partial charge is 0.497 e. The Hall–Kier alpha value is -2.74. The van der Waals surface area contributed by atoms with Gasteiger partial charge in [-0.25, -0.2) is 0 Å². The number of carbonyl (C=O) groups is 1. The lowest BCUT2D eigenvalue weighted by Crippen LogP contribution is -2.40. The molecule has 4 rings (SSSR count). The second-order valence-corrected chi connectivity index (χ2v) is 8.74. The number of carbonyl (C=O) groups excluding carboxylic acids is 1. The molecule has 1 saturated heterocycles. The molecule has 1 fully saturated rings. The summed E-state index contributed by atoms with van der Waals surface area (Å²) in [7, 11) is 1.61. The highest BCUT2D eigenvalue weighted by molar-refractivity contribution is 7.16. The Morgan fingerprint density at radius 2 is 1.90 bits per heavy atom. The van der Waals surface area contributed by atoms with Crippen molar-refractivity contribution in [1.82, 2.24) is 9.88 Å². The minimum Gasteiger partial charge on any atom is -0.497 e. The van der Waals surface area contributed by atoms with Gasteiger partial charge in [-0.3, -0.25) is 14.7 Å². The molecule has 2 aromatic heterocycles. The molecule has 0 saturated carbocycles. The molecule has 0 radical (unpaired) electrons. The van der Waals surface area contributed by atoms with Crippen molar-refractivity contribution >= 4 is 22.2 Å². The molecule has 1 amide bonds. The fraction of sp³-hybridized carbons (Fsp3) is 0.333. The van der Waals surface area contributed by atoms with Crippen LogP contribution in [-0.4, -0.2) is 49.2 Å². The molecule has 0 spiro atoms. The van der Waals surface area contributed by atoms with E-state index in [1.54, 1.807) is 42.7 Å². The molecule has 0 aliphatic carbocycles. The van der Waals surface area contributed by atoms with E-state index in [4.69, 9.17) is 9.47 Å². The fourth-order valence-corrected chi connectivity index (χ4v) is 4.96. The van der Waals surface area contributed by atoms with Gasteiger partial charge in [0.2, 0.25) is 0 Å². The van der Waals surface area contributed by atoms with Gasteiger partial charge in [0.15, 0.2) is 0 Å². The molecular weight excluding hydrogens is 410 g/mol. The smallest absolute Gasteiger partial charge is 0.256 e. The van der Waals surface area contributed by atoms with Crippen molar-refractivity contribution in [2.24, 2.45) is 0 Å². The third-order valence-corrected chi connectivity index (χ3v) is 6.80. The van der Waals surface area contributed by atoms with E-state index in [1.807, 2.05) is 18.3 Å². The van der Waals surface area contributed by atoms with Gasteiger partial charge < -0.3 is 14.8 Å². The van der Waals surface area contributed by atoms with Gasteiger partial charge in [-0.1, -0.05) is 6.07 Å². The second kappa shape index (κ2) is 9.60. The molecular formula is C24H27N3O3S. The number of hydrogen-bond acceptors (Lipinski definition) is 6. The van der Waals surface area contributed by atoms with Crippen LogP contribution < -0.4 is 10.1 Å². The third-order valence-electron chi connectivity index (χ3n) is 5.66. The van der Waals surface area contributed by atoms with E-state index < -0.39 is 0 Å². The minimum absolute atomic E-state index is 0.0405.